The molecule has 236 valence electrons. The van der Waals surface area contributed by atoms with E-state index in [4.69, 9.17) is 0 Å². The van der Waals surface area contributed by atoms with Crippen molar-refractivity contribution in [1.82, 2.24) is 9.97 Å². The number of hydrogen-bond donors (Lipinski definition) is 0. The molecule has 0 aliphatic carbocycles. The number of benzene rings is 4. The molecule has 0 bridgehead atoms. The Bertz CT molecular complexity index is 2070. The predicted molar refractivity (Wildman–Crippen MR) is 197 cm³/mol. The van der Waals surface area contributed by atoms with E-state index in [1.807, 2.05) is 48.5 Å². The van der Waals surface area contributed by atoms with Crippen LogP contribution in [0.1, 0.15) is 11.1 Å². The maximum absolute atomic E-state index is 15.4. The van der Waals surface area contributed by atoms with Crippen molar-refractivity contribution in [3.8, 4) is 44.8 Å². The molecule has 0 radical (unpaired) electrons. The van der Waals surface area contributed by atoms with Crippen LogP contribution in [-0.2, 0) is 21.3 Å². The Morgan fingerprint density at radius 2 is 0.894 bits per heavy atom. The molecule has 0 saturated heterocycles. The van der Waals surface area contributed by atoms with Crippen LogP contribution >= 0.6 is 63.7 Å². The van der Waals surface area contributed by atoms with Crippen LogP contribution in [0, 0.1) is 11.6 Å². The van der Waals surface area contributed by atoms with Crippen LogP contribution in [0.3, 0.4) is 0 Å². The van der Waals surface area contributed by atoms with E-state index < -0.39 is 33.0 Å². The molecule has 0 fully saturated rings. The molecule has 11 heteroatoms. The van der Waals surface area contributed by atoms with Gasteiger partial charge in [-0.1, -0.05) is 100 Å². The molecule has 0 N–H and O–H groups in total. The lowest BCUT2D eigenvalue weighted by Gasteiger charge is -2.13. The third-order valence-corrected chi connectivity index (χ3v) is 10.7. The summed E-state index contributed by atoms with van der Waals surface area (Å²) >= 11 is 14.0. The zero-order chi connectivity index (χ0) is 33.3. The normalized spacial score (nSPS) is 11.5. The highest BCUT2D eigenvalue weighted by atomic mass is 79.9. The molecule has 0 saturated carbocycles. The average molecular weight is 904 g/mol. The van der Waals surface area contributed by atoms with Gasteiger partial charge < -0.3 is 0 Å². The molecule has 2 aromatic heterocycles. The second kappa shape index (κ2) is 14.2. The van der Waals surface area contributed by atoms with Gasteiger partial charge in [0.15, 0.2) is 9.84 Å². The standard InChI is InChI=1S/C36H22Br4F2N2O2S/c37-27-11-25(12-28(38)17-27)31-3-1-9-43-35(31)21-5-7-23(33(41)15-21)19-47(45,46)20-24-8-6-22(16-34(24)42)36-32(4-2-10-44-36)26-13-29(39)18-30(40)14-26/h1-18H,19-20H2. The Morgan fingerprint density at radius 3 is 1.26 bits per heavy atom. The first kappa shape index (κ1) is 33.8. The van der Waals surface area contributed by atoms with Crippen molar-refractivity contribution in [2.24, 2.45) is 0 Å². The smallest absolute Gasteiger partial charge is 0.158 e. The molecule has 6 aromatic rings. The van der Waals surface area contributed by atoms with Crippen LogP contribution in [0.15, 0.2) is 127 Å². The van der Waals surface area contributed by atoms with Gasteiger partial charge in [0.05, 0.1) is 22.9 Å². The summed E-state index contributed by atoms with van der Waals surface area (Å²) in [5, 5.41) is 0. The fourth-order valence-corrected chi connectivity index (χ4v) is 9.41. The summed E-state index contributed by atoms with van der Waals surface area (Å²) in [7, 11) is -3.94. The SMILES string of the molecule is O=S(=O)(Cc1ccc(-c2ncccc2-c2cc(Br)cc(Br)c2)cc1F)Cc1ccc(-c2ncccc2-c2cc(Br)cc(Br)c2)cc1F. The fraction of sp³-hybridized carbons (Fsp3) is 0.0556. The minimum absolute atomic E-state index is 0.00762. The highest BCUT2D eigenvalue weighted by molar-refractivity contribution is 9.11. The first-order chi connectivity index (χ1) is 22.5. The summed E-state index contributed by atoms with van der Waals surface area (Å²) in [6.45, 7) is 0. The van der Waals surface area contributed by atoms with Crippen LogP contribution in [0.25, 0.3) is 44.8 Å². The van der Waals surface area contributed by atoms with Gasteiger partial charge in [0.1, 0.15) is 11.6 Å². The molecule has 0 aliphatic rings. The quantitative estimate of drug-likeness (QED) is 0.153. The summed E-state index contributed by atoms with van der Waals surface area (Å²) in [6.07, 6.45) is 3.24. The second-order valence-electron chi connectivity index (χ2n) is 10.8. The fourth-order valence-electron chi connectivity index (χ4n) is 5.30. The van der Waals surface area contributed by atoms with Crippen LogP contribution in [-0.4, -0.2) is 18.4 Å². The predicted octanol–water partition coefficient (Wildman–Crippen LogP) is 11.6. The van der Waals surface area contributed by atoms with E-state index in [0.29, 0.717) is 22.5 Å². The monoisotopic (exact) mass is 900 g/mol. The molecule has 0 spiro atoms. The Balaban J connectivity index is 1.23. The van der Waals surface area contributed by atoms with E-state index in [2.05, 4.69) is 73.7 Å². The number of pyridine rings is 2. The van der Waals surface area contributed by atoms with Crippen molar-refractivity contribution in [3.63, 3.8) is 0 Å². The van der Waals surface area contributed by atoms with Gasteiger partial charge in [-0.05, 0) is 71.8 Å². The number of hydrogen-bond acceptors (Lipinski definition) is 4. The lowest BCUT2D eigenvalue weighted by atomic mass is 9.98. The summed E-state index contributed by atoms with van der Waals surface area (Å²) in [5.74, 6) is -2.54. The number of nitrogens with zero attached hydrogens (tertiary/aromatic N) is 2. The van der Waals surface area contributed by atoms with Gasteiger partial charge in [0.25, 0.3) is 0 Å². The third kappa shape index (κ3) is 7.97. The maximum Gasteiger partial charge on any atom is 0.158 e. The number of halogens is 6. The summed E-state index contributed by atoms with van der Waals surface area (Å²) in [4.78, 5) is 8.98. The van der Waals surface area contributed by atoms with Crippen molar-refractivity contribution in [3.05, 3.63) is 150 Å². The maximum atomic E-state index is 15.4. The number of aromatic nitrogens is 2. The molecular weight excluding hydrogens is 882 g/mol. The first-order valence-electron chi connectivity index (χ1n) is 14.1. The molecule has 47 heavy (non-hydrogen) atoms. The van der Waals surface area contributed by atoms with Gasteiger partial charge in [-0.3, -0.25) is 9.97 Å². The zero-order valence-corrected chi connectivity index (χ0v) is 31.4. The molecule has 4 aromatic carbocycles. The van der Waals surface area contributed by atoms with Gasteiger partial charge >= 0.3 is 0 Å². The van der Waals surface area contributed by atoms with Crippen LogP contribution in [0.5, 0.6) is 0 Å². The topological polar surface area (TPSA) is 59.9 Å². The van der Waals surface area contributed by atoms with Gasteiger partial charge in [0.2, 0.25) is 0 Å². The molecule has 4 nitrogen and oxygen atoms in total. The molecule has 0 amide bonds. The molecule has 0 atom stereocenters. The van der Waals surface area contributed by atoms with Crippen LogP contribution in [0.4, 0.5) is 8.78 Å². The van der Waals surface area contributed by atoms with Crippen molar-refractivity contribution in [2.75, 3.05) is 0 Å². The Hall–Kier alpha value is -3.09. The van der Waals surface area contributed by atoms with E-state index >= 15 is 8.78 Å². The Labute approximate surface area is 304 Å². The minimum Gasteiger partial charge on any atom is -0.256 e. The number of rotatable bonds is 8. The highest BCUT2D eigenvalue weighted by Gasteiger charge is 2.21. The second-order valence-corrected chi connectivity index (χ2v) is 16.5. The largest absolute Gasteiger partial charge is 0.256 e. The van der Waals surface area contributed by atoms with E-state index in [9.17, 15) is 8.42 Å². The van der Waals surface area contributed by atoms with Gasteiger partial charge in [-0.2, -0.15) is 0 Å². The lowest BCUT2D eigenvalue weighted by Crippen LogP contribution is -2.10. The van der Waals surface area contributed by atoms with Crippen molar-refractivity contribution in [2.45, 2.75) is 11.5 Å². The molecule has 6 rings (SSSR count). The van der Waals surface area contributed by atoms with Gasteiger partial charge in [0, 0.05) is 63.7 Å². The van der Waals surface area contributed by atoms with Crippen LogP contribution < -0.4 is 0 Å². The molecule has 2 heterocycles. The minimum atomic E-state index is -3.94. The molecular formula is C36H22Br4F2N2O2S. The van der Waals surface area contributed by atoms with E-state index in [1.165, 1.54) is 24.3 Å². The van der Waals surface area contributed by atoms with Gasteiger partial charge in [-0.15, -0.1) is 0 Å². The van der Waals surface area contributed by atoms with Crippen LogP contribution in [0.2, 0.25) is 0 Å². The van der Waals surface area contributed by atoms with Crippen molar-refractivity contribution in [1.29, 1.82) is 0 Å². The molecule has 0 aliphatic heterocycles. The van der Waals surface area contributed by atoms with E-state index in [1.54, 1.807) is 36.7 Å². The lowest BCUT2D eigenvalue weighted by molar-refractivity contribution is 0.581. The third-order valence-electron chi connectivity index (χ3n) is 7.37. The first-order valence-corrected chi connectivity index (χ1v) is 19.1. The van der Waals surface area contributed by atoms with Gasteiger partial charge in [-0.25, -0.2) is 17.2 Å². The number of sulfone groups is 1. The summed E-state index contributed by atoms with van der Waals surface area (Å²) in [6, 6.07) is 27.7. The van der Waals surface area contributed by atoms with Crippen molar-refractivity contribution >= 4 is 73.6 Å². The van der Waals surface area contributed by atoms with E-state index in [-0.39, 0.29) is 11.1 Å². The van der Waals surface area contributed by atoms with Crippen molar-refractivity contribution < 1.29 is 17.2 Å². The summed E-state index contributed by atoms with van der Waals surface area (Å²) < 4.78 is 60.7. The van der Waals surface area contributed by atoms with E-state index in [0.717, 1.165) is 40.1 Å². The Kier molecular flexibility index (Phi) is 10.2. The highest BCUT2D eigenvalue weighted by Crippen LogP contribution is 2.36. The average Bonchev–Trinajstić information content (AvgIpc) is 3.02. The summed E-state index contributed by atoms with van der Waals surface area (Å²) in [5.41, 5.74) is 5.41. The zero-order valence-electron chi connectivity index (χ0n) is 24.2. The Morgan fingerprint density at radius 1 is 0.511 bits per heavy atom. The molecule has 0 unspecified atom stereocenters.